The zero-order valence-corrected chi connectivity index (χ0v) is 23.4. The summed E-state index contributed by atoms with van der Waals surface area (Å²) >= 11 is 1.27. The third-order valence-corrected chi connectivity index (χ3v) is 7.34. The van der Waals surface area contributed by atoms with Gasteiger partial charge in [0.1, 0.15) is 23.7 Å². The van der Waals surface area contributed by atoms with Gasteiger partial charge in [0, 0.05) is 30.0 Å². The van der Waals surface area contributed by atoms with Gasteiger partial charge in [-0.25, -0.2) is 4.68 Å². The average Bonchev–Trinajstić information content (AvgIpc) is 3.36. The number of carboxylic acid groups (broad SMARTS) is 1. The first kappa shape index (κ1) is 27.6. The van der Waals surface area contributed by atoms with Crippen molar-refractivity contribution in [2.24, 2.45) is 0 Å². The fraction of sp³-hybridized carbons (Fsp3) is 0.192. The van der Waals surface area contributed by atoms with Crippen LogP contribution in [0.2, 0.25) is 0 Å². The Morgan fingerprint density at radius 3 is 2.39 bits per heavy atom. The first-order valence-corrected chi connectivity index (χ1v) is 12.4. The fourth-order valence-corrected chi connectivity index (χ4v) is 5.58. The molecule has 3 aromatic rings. The van der Waals surface area contributed by atoms with Gasteiger partial charge in [0.15, 0.2) is 0 Å². The van der Waals surface area contributed by atoms with Crippen LogP contribution in [0.1, 0.15) is 17.3 Å². The summed E-state index contributed by atoms with van der Waals surface area (Å²) < 4.78 is 6.53. The van der Waals surface area contributed by atoms with Crippen molar-refractivity contribution in [1.29, 1.82) is 0 Å². The van der Waals surface area contributed by atoms with Gasteiger partial charge in [-0.2, -0.15) is 5.10 Å². The number of thioether (sulfide) groups is 1. The fourth-order valence-electron chi connectivity index (χ4n) is 4.25. The second-order valence-corrected chi connectivity index (χ2v) is 9.52. The maximum atomic E-state index is 13.4. The smallest absolute Gasteiger partial charge is 0.543 e. The molecule has 2 atom stereocenters. The molecular weight excluding hydrogens is 519 g/mol. The number of aliphatic carboxylic acids is 1. The predicted molar refractivity (Wildman–Crippen MR) is 132 cm³/mol. The molecule has 38 heavy (non-hydrogen) atoms. The van der Waals surface area contributed by atoms with Crippen LogP contribution >= 0.6 is 11.8 Å². The second kappa shape index (κ2) is 11.6. The van der Waals surface area contributed by atoms with Crippen molar-refractivity contribution in [2.75, 3.05) is 12.4 Å². The molecule has 1 aromatic heterocycles. The molecule has 188 valence electrons. The van der Waals surface area contributed by atoms with Gasteiger partial charge in [-0.05, 0) is 12.1 Å². The quantitative estimate of drug-likeness (QED) is 0.209. The number of rotatable bonds is 7. The van der Waals surface area contributed by atoms with E-state index in [1.54, 1.807) is 10.9 Å². The molecule has 12 heteroatoms. The SMILES string of the molecule is CC(=O)OCC1=C(C(=O)[O-])N2C(=O)C(NC(=O)c3cn(-c4ccccc4)nc3-c3ccccc3)C2SC1.[Na+]. The summed E-state index contributed by atoms with van der Waals surface area (Å²) in [5.41, 5.74) is 2.16. The number of esters is 1. The Hall–Kier alpha value is -3.38. The number of nitrogens with zero attached hydrogens (tertiary/aromatic N) is 3. The molecule has 3 heterocycles. The number of carbonyl (C=O) groups excluding carboxylic acids is 4. The number of nitrogens with one attached hydrogen (secondary N) is 1. The molecule has 0 saturated carbocycles. The number of benzene rings is 2. The number of fused-ring (bicyclic) bond motifs is 1. The van der Waals surface area contributed by atoms with Crippen LogP contribution in [-0.4, -0.2) is 62.2 Å². The largest absolute Gasteiger partial charge is 1.00 e. The van der Waals surface area contributed by atoms with Crippen LogP contribution < -0.4 is 40.0 Å². The molecular formula is C26H21N4NaO6S. The summed E-state index contributed by atoms with van der Waals surface area (Å²) in [6.07, 6.45) is 1.60. The van der Waals surface area contributed by atoms with E-state index < -0.39 is 35.2 Å². The van der Waals surface area contributed by atoms with Crippen LogP contribution in [0.15, 0.2) is 78.1 Å². The number of ether oxygens (including phenoxy) is 1. The van der Waals surface area contributed by atoms with E-state index in [9.17, 15) is 24.3 Å². The van der Waals surface area contributed by atoms with E-state index in [0.717, 1.165) is 16.2 Å². The number of hydrogen-bond donors (Lipinski definition) is 1. The molecule has 0 spiro atoms. The maximum Gasteiger partial charge on any atom is 1.00 e. The van der Waals surface area contributed by atoms with Crippen LogP contribution in [0.4, 0.5) is 0 Å². The molecule has 2 amide bonds. The Morgan fingerprint density at radius 1 is 1.11 bits per heavy atom. The molecule has 5 rings (SSSR count). The van der Waals surface area contributed by atoms with Gasteiger partial charge in [0.2, 0.25) is 0 Å². The van der Waals surface area contributed by atoms with Crippen LogP contribution in [0.5, 0.6) is 0 Å². The number of carboxylic acids is 1. The number of amides is 2. The topological polar surface area (TPSA) is 134 Å². The summed E-state index contributed by atoms with van der Waals surface area (Å²) in [6, 6.07) is 17.6. The van der Waals surface area contributed by atoms with Crippen molar-refractivity contribution in [3.63, 3.8) is 0 Å². The van der Waals surface area contributed by atoms with E-state index in [4.69, 9.17) is 4.74 Å². The molecule has 1 fully saturated rings. The molecule has 2 aromatic carbocycles. The zero-order chi connectivity index (χ0) is 26.1. The minimum atomic E-state index is -1.54. The molecule has 2 aliphatic rings. The summed E-state index contributed by atoms with van der Waals surface area (Å²) in [4.78, 5) is 50.5. The monoisotopic (exact) mass is 540 g/mol. The molecule has 1 N–H and O–H groups in total. The maximum absolute atomic E-state index is 13.4. The van der Waals surface area contributed by atoms with Gasteiger partial charge in [-0.15, -0.1) is 11.8 Å². The van der Waals surface area contributed by atoms with E-state index in [1.165, 1.54) is 18.7 Å². The standard InChI is InChI=1S/C26H22N4O6S.Na/c1-15(31)36-13-17-14-37-25-21(24(33)30(25)22(17)26(34)35)27-23(32)19-12-29(18-10-6-3-7-11-18)28-20(19)16-8-4-2-5-9-16;/h2-12,21,25H,13-14H2,1H3,(H,27,32)(H,34,35);/q;+1/p-1. The van der Waals surface area contributed by atoms with E-state index in [1.807, 2.05) is 60.7 Å². The molecule has 2 unspecified atom stereocenters. The van der Waals surface area contributed by atoms with Gasteiger partial charge in [-0.1, -0.05) is 48.5 Å². The van der Waals surface area contributed by atoms with E-state index >= 15 is 0 Å². The number of carbonyl (C=O) groups is 4. The predicted octanol–water partition coefficient (Wildman–Crippen LogP) is -1.88. The Morgan fingerprint density at radius 2 is 1.76 bits per heavy atom. The van der Waals surface area contributed by atoms with Crippen molar-refractivity contribution in [3.8, 4) is 16.9 Å². The third-order valence-electron chi connectivity index (χ3n) is 6.00. The van der Waals surface area contributed by atoms with Crippen molar-refractivity contribution in [3.05, 3.63) is 83.7 Å². The molecule has 0 radical (unpaired) electrons. The number of β-lactam (4-membered cyclic amide) rings is 1. The van der Waals surface area contributed by atoms with E-state index in [-0.39, 0.29) is 58.8 Å². The second-order valence-electron chi connectivity index (χ2n) is 8.42. The van der Waals surface area contributed by atoms with Crippen LogP contribution in [0.25, 0.3) is 16.9 Å². The summed E-state index contributed by atoms with van der Waals surface area (Å²) in [7, 11) is 0. The third kappa shape index (κ3) is 5.28. The summed E-state index contributed by atoms with van der Waals surface area (Å²) in [5, 5.41) is 18.6. The zero-order valence-electron chi connectivity index (χ0n) is 20.6. The van der Waals surface area contributed by atoms with E-state index in [2.05, 4.69) is 10.4 Å². The van der Waals surface area contributed by atoms with Crippen molar-refractivity contribution in [2.45, 2.75) is 18.3 Å². The molecule has 10 nitrogen and oxygen atoms in total. The summed E-state index contributed by atoms with van der Waals surface area (Å²) in [5.74, 6) is -2.99. The van der Waals surface area contributed by atoms with Crippen LogP contribution in [-0.2, 0) is 19.1 Å². The van der Waals surface area contributed by atoms with Crippen molar-refractivity contribution < 1.29 is 58.6 Å². The average molecular weight is 541 g/mol. The molecule has 0 aliphatic carbocycles. The number of para-hydroxylation sites is 1. The molecule has 0 bridgehead atoms. The first-order valence-electron chi connectivity index (χ1n) is 11.4. The van der Waals surface area contributed by atoms with Gasteiger partial charge >= 0.3 is 35.5 Å². The Bertz CT molecular complexity index is 1430. The van der Waals surface area contributed by atoms with Crippen LogP contribution in [0.3, 0.4) is 0 Å². The number of aromatic nitrogens is 2. The Balaban J connectivity index is 0.00000336. The van der Waals surface area contributed by atoms with E-state index in [0.29, 0.717) is 5.69 Å². The van der Waals surface area contributed by atoms with Crippen LogP contribution in [0, 0.1) is 0 Å². The van der Waals surface area contributed by atoms with Gasteiger partial charge in [-0.3, -0.25) is 19.3 Å². The Labute approximate surface area is 244 Å². The van der Waals surface area contributed by atoms with Crippen molar-refractivity contribution in [1.82, 2.24) is 20.0 Å². The molecule has 1 saturated heterocycles. The number of hydrogen-bond acceptors (Lipinski definition) is 8. The van der Waals surface area contributed by atoms with Gasteiger partial charge in [0.25, 0.3) is 11.8 Å². The summed E-state index contributed by atoms with van der Waals surface area (Å²) in [6.45, 7) is 0.959. The van der Waals surface area contributed by atoms with Gasteiger partial charge < -0.3 is 20.0 Å². The first-order chi connectivity index (χ1) is 17.8. The van der Waals surface area contributed by atoms with Crippen molar-refractivity contribution >= 4 is 35.5 Å². The van der Waals surface area contributed by atoms with Gasteiger partial charge in [0.05, 0.1) is 22.9 Å². The normalized spacial score (nSPS) is 18.1. The molecule has 2 aliphatic heterocycles. The Kier molecular flexibility index (Phi) is 8.41. The minimum absolute atomic E-state index is 0. The minimum Gasteiger partial charge on any atom is -0.543 e.